The van der Waals surface area contributed by atoms with Crippen molar-refractivity contribution < 1.29 is 0 Å². The predicted molar refractivity (Wildman–Crippen MR) is 87.5 cm³/mol. The van der Waals surface area contributed by atoms with Gasteiger partial charge in [-0.2, -0.15) is 28.6 Å². The molecule has 1 fully saturated rings. The molecule has 0 aliphatic carbocycles. The Morgan fingerprint density at radius 2 is 2.21 bits per heavy atom. The highest BCUT2D eigenvalue weighted by Crippen LogP contribution is 2.41. The Hall–Kier alpha value is 0.160. The van der Waals surface area contributed by atoms with E-state index in [2.05, 4.69) is 47.8 Å². The van der Waals surface area contributed by atoms with Gasteiger partial charge < -0.3 is 5.32 Å². The zero-order valence-electron chi connectivity index (χ0n) is 11.7. The summed E-state index contributed by atoms with van der Waals surface area (Å²) in [5.41, 5.74) is 1.14. The van der Waals surface area contributed by atoms with Gasteiger partial charge in [-0.05, 0) is 20.4 Å². The van der Waals surface area contributed by atoms with Gasteiger partial charge in [0.1, 0.15) is 0 Å². The molecule has 3 nitrogen and oxygen atoms in total. The second-order valence-electron chi connectivity index (χ2n) is 4.61. The first-order valence-electron chi connectivity index (χ1n) is 6.84. The van der Waals surface area contributed by atoms with Crippen molar-refractivity contribution in [2.75, 3.05) is 18.6 Å². The Morgan fingerprint density at radius 3 is 2.84 bits per heavy atom. The predicted octanol–water partition coefficient (Wildman–Crippen LogP) is 3.44. The lowest BCUT2D eigenvalue weighted by molar-refractivity contribution is 0.488. The Morgan fingerprint density at radius 1 is 1.47 bits per heavy atom. The van der Waals surface area contributed by atoms with Crippen LogP contribution in [0.5, 0.6) is 0 Å². The van der Waals surface area contributed by atoms with Gasteiger partial charge in [0, 0.05) is 28.6 Å². The average Bonchev–Trinajstić information content (AvgIpc) is 2.82. The minimum Gasteiger partial charge on any atom is -0.311 e. The summed E-state index contributed by atoms with van der Waals surface area (Å²) in [4.78, 5) is 0. The Bertz CT molecular complexity index is 411. The topological polar surface area (TPSA) is 29.9 Å². The molecule has 6 heteroatoms. The molecule has 2 rings (SSSR count). The monoisotopic (exact) mass is 319 g/mol. The summed E-state index contributed by atoms with van der Waals surface area (Å²) in [5.74, 6) is 2.48. The quantitative estimate of drug-likeness (QED) is 0.900. The smallest absolute Gasteiger partial charge is 0.0834 e. The molecule has 108 valence electrons. The molecule has 3 atom stereocenters. The molecular formula is C13H22ClN3S2. The van der Waals surface area contributed by atoms with Crippen LogP contribution in [0.15, 0.2) is 6.20 Å². The zero-order chi connectivity index (χ0) is 13.8. The van der Waals surface area contributed by atoms with E-state index in [1.54, 1.807) is 6.20 Å². The number of thioether (sulfide) groups is 2. The first kappa shape index (κ1) is 15.5. The normalized spacial score (nSPS) is 25.5. The minimum absolute atomic E-state index is 0.276. The SMILES string of the molecule is CCC1SCCSC1C(NC)c1c(Cl)cnn1CC. The van der Waals surface area contributed by atoms with Crippen molar-refractivity contribution in [2.45, 2.75) is 43.4 Å². The third-order valence-corrected chi connectivity index (χ3v) is 7.20. The van der Waals surface area contributed by atoms with Crippen molar-refractivity contribution in [1.29, 1.82) is 0 Å². The van der Waals surface area contributed by atoms with E-state index in [9.17, 15) is 0 Å². The Balaban J connectivity index is 2.29. The minimum atomic E-state index is 0.276. The van der Waals surface area contributed by atoms with E-state index in [1.165, 1.54) is 17.9 Å². The average molecular weight is 320 g/mol. The number of hydrogen-bond acceptors (Lipinski definition) is 4. The van der Waals surface area contributed by atoms with Crippen molar-refractivity contribution in [3.05, 3.63) is 16.9 Å². The maximum Gasteiger partial charge on any atom is 0.0834 e. The number of rotatable bonds is 5. The van der Waals surface area contributed by atoms with Crippen LogP contribution < -0.4 is 5.32 Å². The summed E-state index contributed by atoms with van der Waals surface area (Å²) in [6, 6.07) is 0.276. The number of hydrogen-bond donors (Lipinski definition) is 1. The van der Waals surface area contributed by atoms with Crippen LogP contribution in [-0.4, -0.2) is 38.8 Å². The van der Waals surface area contributed by atoms with Crippen molar-refractivity contribution in [1.82, 2.24) is 15.1 Å². The first-order valence-corrected chi connectivity index (χ1v) is 9.32. The fraction of sp³-hybridized carbons (Fsp3) is 0.769. The van der Waals surface area contributed by atoms with Crippen LogP contribution in [0.25, 0.3) is 0 Å². The van der Waals surface area contributed by atoms with Crippen LogP contribution >= 0.6 is 35.1 Å². The fourth-order valence-electron chi connectivity index (χ4n) is 2.64. The van der Waals surface area contributed by atoms with Gasteiger partial charge >= 0.3 is 0 Å². The lowest BCUT2D eigenvalue weighted by Crippen LogP contribution is -2.38. The molecule has 1 aliphatic heterocycles. The molecular weight excluding hydrogens is 298 g/mol. The van der Waals surface area contributed by atoms with E-state index >= 15 is 0 Å². The number of halogens is 1. The third-order valence-electron chi connectivity index (χ3n) is 3.56. The molecule has 0 radical (unpaired) electrons. The van der Waals surface area contributed by atoms with Gasteiger partial charge in [0.2, 0.25) is 0 Å². The van der Waals surface area contributed by atoms with Gasteiger partial charge in [-0.1, -0.05) is 18.5 Å². The standard InChI is InChI=1S/C13H22ClN3S2/c1-4-10-13(19-7-6-18-10)11(15-3)12-9(14)8-16-17(12)5-2/h8,10-11,13,15H,4-7H2,1-3H3. The summed E-state index contributed by atoms with van der Waals surface area (Å²) < 4.78 is 2.02. The van der Waals surface area contributed by atoms with Crippen molar-refractivity contribution in [3.8, 4) is 0 Å². The molecule has 0 bridgehead atoms. The highest BCUT2D eigenvalue weighted by atomic mass is 35.5. The molecule has 0 amide bonds. The lowest BCUT2D eigenvalue weighted by atomic mass is 10.1. The summed E-state index contributed by atoms with van der Waals surface area (Å²) in [7, 11) is 2.03. The summed E-state index contributed by atoms with van der Waals surface area (Å²) in [5, 5.41) is 9.89. The molecule has 1 aromatic heterocycles. The van der Waals surface area contributed by atoms with Crippen molar-refractivity contribution >= 4 is 35.1 Å². The van der Waals surface area contributed by atoms with E-state index in [1.807, 2.05) is 11.7 Å². The van der Waals surface area contributed by atoms with E-state index in [4.69, 9.17) is 11.6 Å². The molecule has 0 aromatic carbocycles. The van der Waals surface area contributed by atoms with Gasteiger partial charge in [0.05, 0.1) is 23.0 Å². The van der Waals surface area contributed by atoms with Crippen LogP contribution in [0.2, 0.25) is 5.02 Å². The van der Waals surface area contributed by atoms with Gasteiger partial charge in [-0.15, -0.1) is 0 Å². The summed E-state index contributed by atoms with van der Waals surface area (Å²) >= 11 is 10.5. The van der Waals surface area contributed by atoms with Crippen LogP contribution in [0.1, 0.15) is 32.0 Å². The zero-order valence-corrected chi connectivity index (χ0v) is 14.1. The van der Waals surface area contributed by atoms with Crippen LogP contribution in [0, 0.1) is 0 Å². The molecule has 19 heavy (non-hydrogen) atoms. The molecule has 1 N–H and O–H groups in total. The maximum atomic E-state index is 6.37. The Labute approximate surface area is 129 Å². The molecule has 0 saturated carbocycles. The van der Waals surface area contributed by atoms with Gasteiger partial charge in [-0.25, -0.2) is 0 Å². The second-order valence-corrected chi connectivity index (χ2v) is 7.65. The molecule has 1 aliphatic rings. The lowest BCUT2D eigenvalue weighted by Gasteiger charge is -2.36. The molecule has 1 saturated heterocycles. The van der Waals surface area contributed by atoms with Crippen molar-refractivity contribution in [3.63, 3.8) is 0 Å². The number of aryl methyl sites for hydroxylation is 1. The largest absolute Gasteiger partial charge is 0.311 e. The van der Waals surface area contributed by atoms with E-state index in [-0.39, 0.29) is 6.04 Å². The maximum absolute atomic E-state index is 6.37. The number of aromatic nitrogens is 2. The molecule has 2 heterocycles. The second kappa shape index (κ2) is 7.25. The summed E-state index contributed by atoms with van der Waals surface area (Å²) in [6.45, 7) is 5.25. The van der Waals surface area contributed by atoms with Crippen LogP contribution in [0.3, 0.4) is 0 Å². The molecule has 3 unspecified atom stereocenters. The van der Waals surface area contributed by atoms with Gasteiger partial charge in [-0.3, -0.25) is 4.68 Å². The number of nitrogens with zero attached hydrogens (tertiary/aromatic N) is 2. The highest BCUT2D eigenvalue weighted by Gasteiger charge is 2.34. The van der Waals surface area contributed by atoms with E-state index in [0.717, 1.165) is 17.3 Å². The number of nitrogens with one attached hydrogen (secondary N) is 1. The van der Waals surface area contributed by atoms with Gasteiger partial charge in [0.25, 0.3) is 0 Å². The van der Waals surface area contributed by atoms with Crippen molar-refractivity contribution in [2.24, 2.45) is 0 Å². The van der Waals surface area contributed by atoms with Crippen LogP contribution in [0.4, 0.5) is 0 Å². The third kappa shape index (κ3) is 3.26. The highest BCUT2D eigenvalue weighted by molar-refractivity contribution is 8.07. The van der Waals surface area contributed by atoms with E-state index < -0.39 is 0 Å². The molecule has 0 spiro atoms. The van der Waals surface area contributed by atoms with Gasteiger partial charge in [0.15, 0.2) is 0 Å². The molecule has 1 aromatic rings. The van der Waals surface area contributed by atoms with Crippen LogP contribution in [-0.2, 0) is 6.54 Å². The first-order chi connectivity index (χ1) is 9.22. The fourth-order valence-corrected chi connectivity index (χ4v) is 6.16. The Kier molecular flexibility index (Phi) is 5.93. The summed E-state index contributed by atoms with van der Waals surface area (Å²) in [6.07, 6.45) is 2.98. The van der Waals surface area contributed by atoms with E-state index in [0.29, 0.717) is 10.5 Å².